The smallest absolute Gasteiger partial charge is 0.166 e. The van der Waals surface area contributed by atoms with Crippen LogP contribution >= 0.6 is 0 Å². The predicted octanol–water partition coefficient (Wildman–Crippen LogP) is 5.72. The Labute approximate surface area is 172 Å². The molecule has 0 aliphatic rings. The van der Waals surface area contributed by atoms with Gasteiger partial charge >= 0.3 is 0 Å². The third kappa shape index (κ3) is 6.69. The molecule has 146 valence electrons. The van der Waals surface area contributed by atoms with E-state index in [0.29, 0.717) is 25.7 Å². The highest BCUT2D eigenvalue weighted by Gasteiger charge is 2.24. The molecule has 0 bridgehead atoms. The topological polar surface area (TPSA) is 34.1 Å². The van der Waals surface area contributed by atoms with Crippen LogP contribution in [-0.2, 0) is 22.4 Å². The van der Waals surface area contributed by atoms with Crippen molar-refractivity contribution in [2.45, 2.75) is 25.7 Å². The lowest BCUT2D eigenvalue weighted by Crippen LogP contribution is -2.24. The van der Waals surface area contributed by atoms with Gasteiger partial charge in [0.25, 0.3) is 0 Å². The summed E-state index contributed by atoms with van der Waals surface area (Å²) in [6.07, 6.45) is 5.66. The van der Waals surface area contributed by atoms with Gasteiger partial charge in [0.15, 0.2) is 5.78 Å². The number of hydrogen-bond donors (Lipinski definition) is 0. The maximum atomic E-state index is 12.9. The molecule has 2 nitrogen and oxygen atoms in total. The number of carbonyl (C=O) groups is 2. The maximum absolute atomic E-state index is 12.9. The van der Waals surface area contributed by atoms with Crippen molar-refractivity contribution in [2.75, 3.05) is 0 Å². The van der Waals surface area contributed by atoms with Gasteiger partial charge in [0.1, 0.15) is 5.78 Å². The zero-order valence-corrected chi connectivity index (χ0v) is 16.5. The van der Waals surface area contributed by atoms with Gasteiger partial charge in [-0.05, 0) is 42.0 Å². The Hall–Kier alpha value is -3.26. The molecule has 0 saturated heterocycles. The molecular formula is C27H26O2. The van der Waals surface area contributed by atoms with Gasteiger partial charge in [-0.3, -0.25) is 9.59 Å². The first-order valence-corrected chi connectivity index (χ1v) is 10.1. The largest absolute Gasteiger partial charge is 0.299 e. The lowest BCUT2D eigenvalue weighted by atomic mass is 9.88. The zero-order chi connectivity index (χ0) is 20.3. The second kappa shape index (κ2) is 10.9. The predicted molar refractivity (Wildman–Crippen MR) is 119 cm³/mol. The zero-order valence-electron chi connectivity index (χ0n) is 16.5. The molecule has 0 aromatic heterocycles. The number of benzene rings is 3. The molecule has 0 unspecified atom stereocenters. The minimum Gasteiger partial charge on any atom is -0.299 e. The number of allylic oxidation sites excluding steroid dienone is 1. The van der Waals surface area contributed by atoms with Gasteiger partial charge in [0.2, 0.25) is 0 Å². The first-order chi connectivity index (χ1) is 14.2. The molecule has 1 atom stereocenters. The van der Waals surface area contributed by atoms with Gasteiger partial charge < -0.3 is 0 Å². The monoisotopic (exact) mass is 382 g/mol. The van der Waals surface area contributed by atoms with Crippen LogP contribution in [0.3, 0.4) is 0 Å². The van der Waals surface area contributed by atoms with Gasteiger partial charge in [-0.2, -0.15) is 0 Å². The quantitative estimate of drug-likeness (QED) is 0.332. The number of aryl methyl sites for hydroxylation is 2. The van der Waals surface area contributed by atoms with E-state index in [1.165, 1.54) is 0 Å². The van der Waals surface area contributed by atoms with Crippen molar-refractivity contribution in [3.63, 3.8) is 0 Å². The van der Waals surface area contributed by atoms with Crippen LogP contribution in [0.15, 0.2) is 97.1 Å². The molecular weight excluding hydrogens is 356 g/mol. The summed E-state index contributed by atoms with van der Waals surface area (Å²) < 4.78 is 0. The molecule has 0 aliphatic heterocycles. The Morgan fingerprint density at radius 3 is 1.79 bits per heavy atom. The van der Waals surface area contributed by atoms with Crippen LogP contribution in [-0.4, -0.2) is 11.6 Å². The van der Waals surface area contributed by atoms with E-state index in [1.54, 1.807) is 12.2 Å². The van der Waals surface area contributed by atoms with Crippen molar-refractivity contribution in [1.82, 2.24) is 0 Å². The minimum absolute atomic E-state index is 0.0208. The molecule has 0 fully saturated rings. The molecule has 0 aliphatic carbocycles. The van der Waals surface area contributed by atoms with Crippen molar-refractivity contribution < 1.29 is 9.59 Å². The Morgan fingerprint density at radius 1 is 0.690 bits per heavy atom. The second-order valence-electron chi connectivity index (χ2n) is 7.18. The van der Waals surface area contributed by atoms with E-state index in [9.17, 15) is 9.59 Å². The second-order valence-corrected chi connectivity index (χ2v) is 7.18. The maximum Gasteiger partial charge on any atom is 0.166 e. The molecule has 0 amide bonds. The molecule has 0 radical (unpaired) electrons. The number of Topliss-reactive ketones (excluding diaryl/α,β-unsaturated/α-hetero) is 1. The standard InChI is InChI=1S/C27H26O2/c28-26(20-17-23-12-6-2-7-13-23)25(19-16-22-10-4-1-5-11-22)27(29)21-18-24-14-8-3-9-15-24/h1-15,17,20,25H,16,18-19,21H2/t25-/m0/s1. The summed E-state index contributed by atoms with van der Waals surface area (Å²) in [4.78, 5) is 25.8. The van der Waals surface area contributed by atoms with Crippen molar-refractivity contribution in [3.8, 4) is 0 Å². The van der Waals surface area contributed by atoms with Gasteiger partial charge in [0, 0.05) is 6.42 Å². The molecule has 0 spiro atoms. The van der Waals surface area contributed by atoms with Gasteiger partial charge in [-0.1, -0.05) is 97.1 Å². The van der Waals surface area contributed by atoms with Crippen molar-refractivity contribution >= 4 is 17.6 Å². The Morgan fingerprint density at radius 2 is 1.21 bits per heavy atom. The van der Waals surface area contributed by atoms with Crippen LogP contribution in [0.5, 0.6) is 0 Å². The van der Waals surface area contributed by atoms with Gasteiger partial charge in [-0.15, -0.1) is 0 Å². The Kier molecular flexibility index (Phi) is 7.71. The van der Waals surface area contributed by atoms with Gasteiger partial charge in [-0.25, -0.2) is 0 Å². The minimum atomic E-state index is -0.598. The summed E-state index contributed by atoms with van der Waals surface area (Å²) in [5.41, 5.74) is 3.22. The number of carbonyl (C=O) groups excluding carboxylic acids is 2. The lowest BCUT2D eigenvalue weighted by Gasteiger charge is -2.13. The highest BCUT2D eigenvalue weighted by atomic mass is 16.1. The molecule has 3 rings (SSSR count). The van der Waals surface area contributed by atoms with E-state index in [0.717, 1.165) is 16.7 Å². The third-order valence-corrected chi connectivity index (χ3v) is 5.04. The average molecular weight is 383 g/mol. The van der Waals surface area contributed by atoms with Gasteiger partial charge in [0.05, 0.1) is 5.92 Å². The molecule has 0 N–H and O–H groups in total. The summed E-state index contributed by atoms with van der Waals surface area (Å²) in [6.45, 7) is 0. The van der Waals surface area contributed by atoms with Crippen molar-refractivity contribution in [2.24, 2.45) is 5.92 Å². The summed E-state index contributed by atoms with van der Waals surface area (Å²) in [7, 11) is 0. The molecule has 2 heteroatoms. The van der Waals surface area contributed by atoms with Crippen LogP contribution in [0.1, 0.15) is 29.5 Å². The van der Waals surface area contributed by atoms with E-state index < -0.39 is 5.92 Å². The summed E-state index contributed by atoms with van der Waals surface area (Å²) in [6, 6.07) is 29.7. The molecule has 3 aromatic rings. The summed E-state index contributed by atoms with van der Waals surface area (Å²) in [5.74, 6) is -0.686. The van der Waals surface area contributed by atoms with Crippen LogP contribution in [0, 0.1) is 5.92 Å². The van der Waals surface area contributed by atoms with Crippen LogP contribution in [0.25, 0.3) is 6.08 Å². The molecule has 0 saturated carbocycles. The van der Waals surface area contributed by atoms with Crippen molar-refractivity contribution in [3.05, 3.63) is 114 Å². The molecule has 0 heterocycles. The first-order valence-electron chi connectivity index (χ1n) is 10.1. The summed E-state index contributed by atoms with van der Waals surface area (Å²) in [5, 5.41) is 0. The molecule has 3 aromatic carbocycles. The van der Waals surface area contributed by atoms with Crippen LogP contribution < -0.4 is 0 Å². The van der Waals surface area contributed by atoms with E-state index in [-0.39, 0.29) is 11.6 Å². The van der Waals surface area contributed by atoms with Crippen LogP contribution in [0.2, 0.25) is 0 Å². The highest BCUT2D eigenvalue weighted by Crippen LogP contribution is 2.17. The normalized spacial score (nSPS) is 12.0. The van der Waals surface area contributed by atoms with E-state index >= 15 is 0 Å². The highest BCUT2D eigenvalue weighted by molar-refractivity contribution is 6.09. The Balaban J connectivity index is 1.68. The fourth-order valence-electron chi connectivity index (χ4n) is 3.36. The van der Waals surface area contributed by atoms with E-state index in [1.807, 2.05) is 91.0 Å². The third-order valence-electron chi connectivity index (χ3n) is 5.04. The molecule has 29 heavy (non-hydrogen) atoms. The van der Waals surface area contributed by atoms with E-state index in [4.69, 9.17) is 0 Å². The van der Waals surface area contributed by atoms with E-state index in [2.05, 4.69) is 0 Å². The fraction of sp³-hybridized carbons (Fsp3) is 0.185. The summed E-state index contributed by atoms with van der Waals surface area (Å²) >= 11 is 0. The first kappa shape index (κ1) is 20.5. The Bertz CT molecular complexity index is 928. The number of rotatable bonds is 10. The van der Waals surface area contributed by atoms with Crippen LogP contribution in [0.4, 0.5) is 0 Å². The number of hydrogen-bond acceptors (Lipinski definition) is 2. The number of ketones is 2. The average Bonchev–Trinajstić information content (AvgIpc) is 2.78. The lowest BCUT2D eigenvalue weighted by molar-refractivity contribution is -0.130. The van der Waals surface area contributed by atoms with Crippen molar-refractivity contribution in [1.29, 1.82) is 0 Å². The fourth-order valence-corrected chi connectivity index (χ4v) is 3.36. The SMILES string of the molecule is O=C(C=Cc1ccccc1)[C@H](CCc1ccccc1)C(=O)CCc1ccccc1.